The summed E-state index contributed by atoms with van der Waals surface area (Å²) in [7, 11) is 1.78. The monoisotopic (exact) mass is 624 g/mol. The van der Waals surface area contributed by atoms with Crippen molar-refractivity contribution < 1.29 is 34.0 Å². The van der Waals surface area contributed by atoms with Gasteiger partial charge in [0, 0.05) is 42.0 Å². The van der Waals surface area contributed by atoms with E-state index in [9.17, 15) is 19.8 Å². The Kier molecular flexibility index (Phi) is 6.99. The number of benzene rings is 1. The lowest BCUT2D eigenvalue weighted by atomic mass is 9.33. The molecule has 1 amide bonds. The minimum Gasteiger partial charge on any atom is -0.482 e. The smallest absolute Gasteiger partial charge is 0.413 e. The molecule has 4 saturated carbocycles. The number of methoxy groups -OCH3 is 1. The number of carboxylic acids is 1. The van der Waals surface area contributed by atoms with Crippen molar-refractivity contribution >= 4 is 12.1 Å². The molecule has 8 atom stereocenters. The summed E-state index contributed by atoms with van der Waals surface area (Å²) in [5.41, 5.74) is -0.160. The number of ether oxygens (including phenoxy) is 3. The van der Waals surface area contributed by atoms with E-state index in [1.807, 2.05) is 26.8 Å². The zero-order valence-electron chi connectivity index (χ0n) is 28.1. The molecule has 3 N–H and O–H groups in total. The predicted molar refractivity (Wildman–Crippen MR) is 169 cm³/mol. The predicted octanol–water partition coefficient (Wildman–Crippen LogP) is 5.30. The number of piperidine rings is 1. The maximum absolute atomic E-state index is 13.2. The van der Waals surface area contributed by atoms with Crippen molar-refractivity contribution in [3.63, 3.8) is 0 Å². The van der Waals surface area contributed by atoms with Crippen LogP contribution in [-0.4, -0.2) is 76.8 Å². The first-order valence-corrected chi connectivity index (χ1v) is 17.2. The fraction of sp³-hybridized carbons (Fsp3) is 0.778. The number of aliphatic carboxylic acids is 1. The Morgan fingerprint density at radius 3 is 2.51 bits per heavy atom. The van der Waals surface area contributed by atoms with Gasteiger partial charge in [-0.1, -0.05) is 40.7 Å². The molecule has 0 radical (unpaired) electrons. The number of aliphatic hydroxyl groups is 1. The van der Waals surface area contributed by atoms with Gasteiger partial charge in [-0.3, -0.25) is 4.90 Å². The van der Waals surface area contributed by atoms with Gasteiger partial charge in [-0.05, 0) is 93.7 Å². The highest BCUT2D eigenvalue weighted by atomic mass is 16.6. The molecular formula is C36H52N2O7. The number of hydrogen-bond acceptors (Lipinski definition) is 7. The van der Waals surface area contributed by atoms with Crippen LogP contribution in [0.4, 0.5) is 4.79 Å². The van der Waals surface area contributed by atoms with Gasteiger partial charge in [0.2, 0.25) is 0 Å². The molecule has 1 aromatic carbocycles. The zero-order chi connectivity index (χ0) is 32.3. The van der Waals surface area contributed by atoms with Crippen LogP contribution in [0.15, 0.2) is 12.1 Å². The average molecular weight is 625 g/mol. The first-order valence-electron chi connectivity index (χ1n) is 17.2. The van der Waals surface area contributed by atoms with Crippen LogP contribution in [0, 0.1) is 28.6 Å². The highest BCUT2D eigenvalue weighted by molar-refractivity contribution is 5.81. The van der Waals surface area contributed by atoms with Gasteiger partial charge in [0.1, 0.15) is 17.7 Å². The van der Waals surface area contributed by atoms with Crippen LogP contribution in [0.5, 0.6) is 11.5 Å². The van der Waals surface area contributed by atoms with Gasteiger partial charge in [0.25, 0.3) is 0 Å². The van der Waals surface area contributed by atoms with Crippen molar-refractivity contribution in [1.82, 2.24) is 10.2 Å². The molecule has 2 aliphatic heterocycles. The Balaban J connectivity index is 1.34. The Labute approximate surface area is 267 Å². The molecule has 0 aromatic heterocycles. The summed E-state index contributed by atoms with van der Waals surface area (Å²) < 4.78 is 19.7. The molecule has 2 spiro atoms. The topological polar surface area (TPSA) is 118 Å². The third-order valence-electron chi connectivity index (χ3n) is 13.3. The molecule has 45 heavy (non-hydrogen) atoms. The summed E-state index contributed by atoms with van der Waals surface area (Å²) in [5.74, 6) is 0.553. The minimum atomic E-state index is -1.08. The van der Waals surface area contributed by atoms with Crippen molar-refractivity contribution in [3.8, 4) is 11.5 Å². The molecule has 7 aliphatic rings. The number of carbonyl (C=O) groups excluding carboxylic acids is 1. The Hall–Kier alpha value is -2.36. The van der Waals surface area contributed by atoms with Crippen molar-refractivity contribution in [2.75, 3.05) is 20.2 Å². The highest BCUT2D eigenvalue weighted by Crippen LogP contribution is 2.78. The molecule has 9 heteroatoms. The van der Waals surface area contributed by atoms with Gasteiger partial charge in [-0.2, -0.15) is 0 Å². The van der Waals surface area contributed by atoms with Gasteiger partial charge in [-0.25, -0.2) is 9.59 Å². The molecule has 9 nitrogen and oxygen atoms in total. The van der Waals surface area contributed by atoms with Crippen LogP contribution in [0.1, 0.15) is 97.6 Å². The number of rotatable bonds is 9. The molecule has 1 unspecified atom stereocenters. The third kappa shape index (κ3) is 4.21. The standard InChI is InChI=1S/C36H52N2O7/c1-20(2)16-23(29(39)40)37-31(41)44-24-11-10-22-17-26-34-12-13-36(43-7,25(18-34)33(6,42)32(3,4)5)30-35(34,27(22)28(24)45-30)14-15-38(26)19-21-8-9-21/h10-11,20-21,23,25-26,30,42H,8-9,12-19H2,1-7H3,(H,37,41)(H,39,40)/t23-,25-,26-,30?,33-,34-,35+,36+/m1/s1. The first-order chi connectivity index (χ1) is 21.1. The lowest BCUT2D eigenvalue weighted by Gasteiger charge is -2.75. The SMILES string of the molecule is CO[C@@]12CC[C@@]3(C[C@@H]1[C@@](C)(O)C(C)(C)C)[C@H]1Cc4ccc(OC(=O)N[C@H](CC(C)C)C(=O)O)c5c4[C@@]3(CCN1CC1CC1)C2O5. The fourth-order valence-corrected chi connectivity index (χ4v) is 10.6. The van der Waals surface area contributed by atoms with Gasteiger partial charge in [-0.15, -0.1) is 0 Å². The van der Waals surface area contributed by atoms with E-state index in [2.05, 4.69) is 37.1 Å². The van der Waals surface area contributed by atoms with Gasteiger partial charge in [0.05, 0.1) is 5.60 Å². The molecule has 8 rings (SSSR count). The maximum atomic E-state index is 13.2. The van der Waals surface area contributed by atoms with E-state index in [-0.39, 0.29) is 34.2 Å². The van der Waals surface area contributed by atoms with E-state index in [0.717, 1.165) is 56.7 Å². The Morgan fingerprint density at radius 1 is 1.16 bits per heavy atom. The van der Waals surface area contributed by atoms with E-state index < -0.39 is 29.3 Å². The number of nitrogens with one attached hydrogen (secondary N) is 1. The average Bonchev–Trinajstić information content (AvgIpc) is 3.70. The van der Waals surface area contributed by atoms with E-state index >= 15 is 0 Å². The Bertz CT molecular complexity index is 1400. The zero-order valence-corrected chi connectivity index (χ0v) is 28.1. The molecule has 1 aromatic rings. The summed E-state index contributed by atoms with van der Waals surface area (Å²) in [4.78, 5) is 27.8. The lowest BCUT2D eigenvalue weighted by Crippen LogP contribution is -2.83. The van der Waals surface area contributed by atoms with E-state index in [1.54, 1.807) is 7.11 Å². The molecule has 5 aliphatic carbocycles. The first kappa shape index (κ1) is 31.3. The third-order valence-corrected chi connectivity index (χ3v) is 13.3. The van der Waals surface area contributed by atoms with E-state index in [0.29, 0.717) is 24.0 Å². The maximum Gasteiger partial charge on any atom is 0.413 e. The summed E-state index contributed by atoms with van der Waals surface area (Å²) in [6.45, 7) is 14.3. The Morgan fingerprint density at radius 2 is 1.89 bits per heavy atom. The minimum absolute atomic E-state index is 0.0900. The summed E-state index contributed by atoms with van der Waals surface area (Å²) in [6.07, 6.45) is 6.29. The summed E-state index contributed by atoms with van der Waals surface area (Å²) in [6, 6.07) is 3.22. The molecule has 5 fully saturated rings. The van der Waals surface area contributed by atoms with Crippen molar-refractivity contribution in [3.05, 3.63) is 23.3 Å². The molecule has 248 valence electrons. The van der Waals surface area contributed by atoms with Crippen LogP contribution >= 0.6 is 0 Å². The number of fused-ring (bicyclic) bond motifs is 2. The van der Waals surface area contributed by atoms with Crippen molar-refractivity contribution in [1.29, 1.82) is 0 Å². The number of nitrogens with zero attached hydrogens (tertiary/aromatic N) is 1. The second-order valence-corrected chi connectivity index (χ2v) is 16.8. The number of likely N-dealkylation sites (tertiary alicyclic amines) is 1. The number of carbonyl (C=O) groups is 2. The fourth-order valence-electron chi connectivity index (χ4n) is 10.6. The quantitative estimate of drug-likeness (QED) is 0.339. The lowest BCUT2D eigenvalue weighted by molar-refractivity contribution is -0.312. The van der Waals surface area contributed by atoms with E-state index in [1.165, 1.54) is 18.4 Å². The second-order valence-electron chi connectivity index (χ2n) is 16.8. The molecular weight excluding hydrogens is 572 g/mol. The summed E-state index contributed by atoms with van der Waals surface area (Å²) in [5, 5.41) is 24.7. The normalized spacial score (nSPS) is 36.6. The van der Waals surface area contributed by atoms with Gasteiger partial charge in [0.15, 0.2) is 11.5 Å². The van der Waals surface area contributed by atoms with Crippen LogP contribution in [0.2, 0.25) is 0 Å². The van der Waals surface area contributed by atoms with Gasteiger partial charge >= 0.3 is 12.1 Å². The van der Waals surface area contributed by atoms with Crippen molar-refractivity contribution in [2.24, 2.45) is 28.6 Å². The van der Waals surface area contributed by atoms with Crippen LogP contribution in [0.25, 0.3) is 0 Å². The van der Waals surface area contributed by atoms with E-state index in [4.69, 9.17) is 14.2 Å². The van der Waals surface area contributed by atoms with Crippen molar-refractivity contribution in [2.45, 2.75) is 128 Å². The number of carboxylic acid groups (broad SMARTS) is 1. The highest BCUT2D eigenvalue weighted by Gasteiger charge is 2.82. The summed E-state index contributed by atoms with van der Waals surface area (Å²) >= 11 is 0. The number of amides is 1. The number of hydrogen-bond donors (Lipinski definition) is 3. The molecule has 1 saturated heterocycles. The van der Waals surface area contributed by atoms with Gasteiger partial charge < -0.3 is 29.7 Å². The molecule has 2 heterocycles. The van der Waals surface area contributed by atoms with Crippen LogP contribution < -0.4 is 14.8 Å². The molecule has 4 bridgehead atoms. The van der Waals surface area contributed by atoms with Crippen LogP contribution in [-0.2, 0) is 21.4 Å². The second kappa shape index (κ2) is 10.1. The largest absolute Gasteiger partial charge is 0.482 e. The van der Waals surface area contributed by atoms with Crippen LogP contribution in [0.3, 0.4) is 0 Å².